The number of amides is 1. The number of carbonyl (C=O) groups is 2. The maximum Gasteiger partial charge on any atom is 0.303 e. The minimum absolute atomic E-state index is 0.00936. The SMILES string of the molecule is Nc1nc(OCc2ccc(COCCOCCOCCOCCNC(=O)CCCC(=O)O)cc2)c2[nH]cnc2n1. The van der Waals surface area contributed by atoms with E-state index in [0.717, 1.165) is 11.1 Å². The average molecular weight is 561 g/mol. The number of benzene rings is 1. The Hall–Kier alpha value is -3.85. The first kappa shape index (κ1) is 30.7. The van der Waals surface area contributed by atoms with Crippen LogP contribution in [-0.4, -0.2) is 89.7 Å². The fourth-order valence-corrected chi connectivity index (χ4v) is 3.41. The minimum Gasteiger partial charge on any atom is -0.481 e. The van der Waals surface area contributed by atoms with Crippen LogP contribution < -0.4 is 15.8 Å². The van der Waals surface area contributed by atoms with Crippen molar-refractivity contribution in [2.75, 3.05) is 58.5 Å². The first-order chi connectivity index (χ1) is 19.5. The number of aliphatic carboxylic acids is 1. The minimum atomic E-state index is -0.902. The summed E-state index contributed by atoms with van der Waals surface area (Å²) in [5, 5.41) is 11.2. The third kappa shape index (κ3) is 11.9. The van der Waals surface area contributed by atoms with Crippen LogP contribution in [0.25, 0.3) is 11.2 Å². The quantitative estimate of drug-likeness (QED) is 0.137. The lowest BCUT2D eigenvalue weighted by Crippen LogP contribution is -2.27. The van der Waals surface area contributed by atoms with E-state index < -0.39 is 5.97 Å². The van der Waals surface area contributed by atoms with Gasteiger partial charge in [0.1, 0.15) is 12.1 Å². The Labute approximate surface area is 231 Å². The molecule has 1 aromatic carbocycles. The van der Waals surface area contributed by atoms with Gasteiger partial charge >= 0.3 is 5.97 Å². The standard InChI is InChI=1S/C26H36N6O8/c27-26-31-24-23(29-18-30-24)25(32-26)40-17-20-6-4-19(5-7-20)16-39-15-14-38-13-12-37-11-10-36-9-8-28-21(33)2-1-3-22(34)35/h4-7,18H,1-3,8-17H2,(H,28,33)(H,34,35)(H3,27,29,30,31,32). The van der Waals surface area contributed by atoms with E-state index in [4.69, 9.17) is 34.5 Å². The van der Waals surface area contributed by atoms with Gasteiger partial charge in [0.15, 0.2) is 5.65 Å². The highest BCUT2D eigenvalue weighted by molar-refractivity contribution is 5.77. The predicted molar refractivity (Wildman–Crippen MR) is 143 cm³/mol. The molecule has 3 aromatic rings. The number of fused-ring (bicyclic) bond motifs is 1. The van der Waals surface area contributed by atoms with Crippen molar-refractivity contribution in [2.45, 2.75) is 32.5 Å². The Morgan fingerprint density at radius 2 is 1.48 bits per heavy atom. The van der Waals surface area contributed by atoms with Gasteiger partial charge in [0.05, 0.1) is 59.2 Å². The fraction of sp³-hybridized carbons (Fsp3) is 0.500. The van der Waals surface area contributed by atoms with Crippen LogP contribution in [0.1, 0.15) is 30.4 Å². The third-order valence-electron chi connectivity index (χ3n) is 5.42. The maximum atomic E-state index is 11.5. The van der Waals surface area contributed by atoms with Crippen LogP contribution in [0.3, 0.4) is 0 Å². The lowest BCUT2D eigenvalue weighted by atomic mass is 10.1. The number of carboxylic acids is 1. The molecule has 2 heterocycles. The molecule has 3 rings (SSSR count). The summed E-state index contributed by atoms with van der Waals surface area (Å²) in [5.41, 5.74) is 8.78. The number of rotatable bonds is 21. The highest BCUT2D eigenvalue weighted by atomic mass is 16.6. The van der Waals surface area contributed by atoms with Gasteiger partial charge in [-0.25, -0.2) is 4.98 Å². The molecule has 40 heavy (non-hydrogen) atoms. The molecule has 0 aliphatic carbocycles. The molecule has 0 unspecified atom stereocenters. The Bertz CT molecular complexity index is 1170. The molecule has 0 bridgehead atoms. The Morgan fingerprint density at radius 3 is 2.15 bits per heavy atom. The van der Waals surface area contributed by atoms with Crippen molar-refractivity contribution < 1.29 is 38.4 Å². The van der Waals surface area contributed by atoms with Crippen LogP contribution in [0.15, 0.2) is 30.6 Å². The molecule has 0 radical (unpaired) electrons. The largest absolute Gasteiger partial charge is 0.481 e. The van der Waals surface area contributed by atoms with Crippen molar-refractivity contribution in [3.63, 3.8) is 0 Å². The fourth-order valence-electron chi connectivity index (χ4n) is 3.41. The van der Waals surface area contributed by atoms with Crippen molar-refractivity contribution in [3.8, 4) is 5.88 Å². The Kier molecular flexibility index (Phi) is 13.6. The second-order valence-electron chi connectivity index (χ2n) is 8.58. The lowest BCUT2D eigenvalue weighted by Gasteiger charge is -2.09. The van der Waals surface area contributed by atoms with Gasteiger partial charge in [-0.2, -0.15) is 9.97 Å². The Balaban J connectivity index is 1.12. The summed E-state index contributed by atoms with van der Waals surface area (Å²) in [6.45, 7) is 4.19. The Morgan fingerprint density at radius 1 is 0.850 bits per heavy atom. The molecule has 0 aliphatic rings. The maximum absolute atomic E-state index is 11.5. The molecule has 5 N–H and O–H groups in total. The summed E-state index contributed by atoms with van der Waals surface area (Å²) < 4.78 is 27.8. The van der Waals surface area contributed by atoms with E-state index in [0.29, 0.717) is 89.5 Å². The van der Waals surface area contributed by atoms with E-state index in [1.165, 1.54) is 6.33 Å². The highest BCUT2D eigenvalue weighted by Gasteiger charge is 2.10. The van der Waals surface area contributed by atoms with Crippen LogP contribution >= 0.6 is 0 Å². The topological polar surface area (TPSA) is 193 Å². The van der Waals surface area contributed by atoms with Crippen LogP contribution in [-0.2, 0) is 41.8 Å². The average Bonchev–Trinajstić information content (AvgIpc) is 3.41. The monoisotopic (exact) mass is 560 g/mol. The number of nitrogens with one attached hydrogen (secondary N) is 2. The van der Waals surface area contributed by atoms with Crippen molar-refractivity contribution in [1.82, 2.24) is 25.3 Å². The van der Waals surface area contributed by atoms with Gasteiger partial charge in [0.25, 0.3) is 0 Å². The van der Waals surface area contributed by atoms with Crippen LogP contribution in [0.5, 0.6) is 5.88 Å². The summed E-state index contributed by atoms with van der Waals surface area (Å²) in [7, 11) is 0. The van der Waals surface area contributed by atoms with Gasteiger partial charge < -0.3 is 44.8 Å². The third-order valence-corrected chi connectivity index (χ3v) is 5.42. The summed E-state index contributed by atoms with van der Waals surface area (Å²) in [4.78, 5) is 37.1. The van der Waals surface area contributed by atoms with Crippen molar-refractivity contribution >= 4 is 29.0 Å². The van der Waals surface area contributed by atoms with Crippen LogP contribution in [0.4, 0.5) is 5.95 Å². The zero-order valence-electron chi connectivity index (χ0n) is 22.3. The van der Waals surface area contributed by atoms with Gasteiger partial charge in [-0.1, -0.05) is 24.3 Å². The molecular formula is C26H36N6O8. The van der Waals surface area contributed by atoms with Gasteiger partial charge in [0.2, 0.25) is 17.7 Å². The first-order valence-corrected chi connectivity index (χ1v) is 13.0. The number of H-pyrrole nitrogens is 1. The zero-order valence-corrected chi connectivity index (χ0v) is 22.3. The number of aromatic amines is 1. The van der Waals surface area contributed by atoms with Crippen molar-refractivity contribution in [1.29, 1.82) is 0 Å². The smallest absolute Gasteiger partial charge is 0.303 e. The van der Waals surface area contributed by atoms with Gasteiger partial charge in [-0.05, 0) is 17.5 Å². The molecule has 0 aliphatic heterocycles. The second kappa shape index (κ2) is 17.7. The number of nitrogens with two attached hydrogens (primary N) is 1. The molecule has 218 valence electrons. The predicted octanol–water partition coefficient (Wildman–Crippen LogP) is 1.45. The van der Waals surface area contributed by atoms with E-state index in [1.54, 1.807) is 0 Å². The van der Waals surface area contributed by atoms with Crippen LogP contribution in [0.2, 0.25) is 0 Å². The summed E-state index contributed by atoms with van der Waals surface area (Å²) >= 11 is 0. The van der Waals surface area contributed by atoms with Crippen molar-refractivity contribution in [3.05, 3.63) is 41.7 Å². The van der Waals surface area contributed by atoms with E-state index >= 15 is 0 Å². The van der Waals surface area contributed by atoms with Gasteiger partial charge in [-0.15, -0.1) is 0 Å². The number of carbonyl (C=O) groups excluding carboxylic acids is 1. The molecular weight excluding hydrogens is 524 g/mol. The number of nitrogen functional groups attached to an aromatic ring is 1. The lowest BCUT2D eigenvalue weighted by molar-refractivity contribution is -0.137. The molecule has 2 aromatic heterocycles. The summed E-state index contributed by atoms with van der Waals surface area (Å²) in [5.74, 6) is -0.615. The molecule has 0 atom stereocenters. The summed E-state index contributed by atoms with van der Waals surface area (Å²) in [6.07, 6.45) is 2.03. The van der Waals surface area contributed by atoms with E-state index in [-0.39, 0.29) is 24.7 Å². The number of carboxylic acid groups (broad SMARTS) is 1. The zero-order chi connectivity index (χ0) is 28.4. The number of anilines is 1. The van der Waals surface area contributed by atoms with E-state index in [9.17, 15) is 9.59 Å². The van der Waals surface area contributed by atoms with Gasteiger partial charge in [-0.3, -0.25) is 9.59 Å². The molecule has 1 amide bonds. The number of hydrogen-bond acceptors (Lipinski definition) is 11. The highest BCUT2D eigenvalue weighted by Crippen LogP contribution is 2.21. The summed E-state index contributed by atoms with van der Waals surface area (Å²) in [6, 6.07) is 7.89. The molecule has 0 fully saturated rings. The molecule has 0 saturated heterocycles. The number of ether oxygens (including phenoxy) is 5. The molecule has 0 spiro atoms. The molecule has 14 nitrogen and oxygen atoms in total. The van der Waals surface area contributed by atoms with Gasteiger partial charge in [0, 0.05) is 19.4 Å². The molecule has 0 saturated carbocycles. The van der Waals surface area contributed by atoms with Crippen molar-refractivity contribution in [2.24, 2.45) is 0 Å². The van der Waals surface area contributed by atoms with E-state index in [1.807, 2.05) is 24.3 Å². The number of hydrogen-bond donors (Lipinski definition) is 4. The number of aromatic nitrogens is 4. The molecule has 14 heteroatoms. The second-order valence-corrected chi connectivity index (χ2v) is 8.58. The number of imidazole rings is 1. The first-order valence-electron chi connectivity index (χ1n) is 13.0. The normalized spacial score (nSPS) is 11.1. The van der Waals surface area contributed by atoms with E-state index in [2.05, 4.69) is 25.3 Å². The van der Waals surface area contributed by atoms with Crippen LogP contribution in [0, 0.1) is 0 Å². The number of nitrogens with zero attached hydrogens (tertiary/aromatic N) is 3.